The lowest BCUT2D eigenvalue weighted by molar-refractivity contribution is 0.0734. The van der Waals surface area contributed by atoms with Crippen molar-refractivity contribution in [1.29, 1.82) is 0 Å². The highest BCUT2D eigenvalue weighted by molar-refractivity contribution is 6.42. The quantitative estimate of drug-likeness (QED) is 0.309. The minimum Gasteiger partial charge on any atom is -0.423 e. The van der Waals surface area contributed by atoms with Crippen molar-refractivity contribution in [2.45, 2.75) is 77.0 Å². The van der Waals surface area contributed by atoms with Crippen molar-refractivity contribution < 1.29 is 9.53 Å². The van der Waals surface area contributed by atoms with E-state index in [1.165, 1.54) is 75.8 Å². The monoisotopic (exact) mass is 472 g/mol. The first-order valence-corrected chi connectivity index (χ1v) is 13.1. The van der Waals surface area contributed by atoms with Crippen LogP contribution in [0, 0.1) is 17.8 Å². The van der Waals surface area contributed by atoms with E-state index < -0.39 is 5.97 Å². The van der Waals surface area contributed by atoms with E-state index in [2.05, 4.69) is 19.1 Å². The van der Waals surface area contributed by atoms with Gasteiger partial charge < -0.3 is 4.74 Å². The van der Waals surface area contributed by atoms with Gasteiger partial charge in [0.25, 0.3) is 0 Å². The molecule has 2 aliphatic carbocycles. The Hall–Kier alpha value is -1.51. The van der Waals surface area contributed by atoms with Gasteiger partial charge in [0.05, 0.1) is 15.6 Å². The summed E-state index contributed by atoms with van der Waals surface area (Å²) in [5.74, 6) is 3.65. The van der Waals surface area contributed by atoms with Crippen LogP contribution in [0.25, 0.3) is 0 Å². The third-order valence-corrected chi connectivity index (χ3v) is 8.48. The van der Waals surface area contributed by atoms with Crippen LogP contribution >= 0.6 is 23.2 Å². The van der Waals surface area contributed by atoms with Gasteiger partial charge in [-0.3, -0.25) is 0 Å². The molecule has 4 rings (SSSR count). The maximum atomic E-state index is 12.4. The lowest BCUT2D eigenvalue weighted by atomic mass is 9.68. The second kappa shape index (κ2) is 11.1. The van der Waals surface area contributed by atoms with E-state index in [0.717, 1.165) is 17.8 Å². The van der Waals surface area contributed by atoms with E-state index in [0.29, 0.717) is 27.3 Å². The molecule has 4 heteroatoms. The maximum absolute atomic E-state index is 12.4. The lowest BCUT2D eigenvalue weighted by Crippen LogP contribution is -2.25. The number of carbonyl (C=O) groups is 1. The number of carbonyl (C=O) groups excluding carboxylic acids is 1. The molecule has 0 spiro atoms. The number of esters is 1. The summed E-state index contributed by atoms with van der Waals surface area (Å²) >= 11 is 11.9. The van der Waals surface area contributed by atoms with Crippen LogP contribution < -0.4 is 4.74 Å². The molecule has 0 heterocycles. The molecule has 0 amide bonds. The molecular weight excluding hydrogens is 439 g/mol. The Bertz CT molecular complexity index is 892. The fourth-order valence-corrected chi connectivity index (χ4v) is 6.18. The fourth-order valence-electron chi connectivity index (χ4n) is 5.88. The Morgan fingerprint density at radius 2 is 1.47 bits per heavy atom. The highest BCUT2D eigenvalue weighted by Crippen LogP contribution is 2.44. The Morgan fingerprint density at radius 1 is 0.844 bits per heavy atom. The van der Waals surface area contributed by atoms with Crippen LogP contribution in [0.15, 0.2) is 42.5 Å². The Kier molecular flexibility index (Phi) is 8.18. The van der Waals surface area contributed by atoms with Crippen molar-refractivity contribution in [3.05, 3.63) is 63.6 Å². The van der Waals surface area contributed by atoms with Gasteiger partial charge in [0.2, 0.25) is 0 Å². The number of rotatable bonds is 6. The van der Waals surface area contributed by atoms with Gasteiger partial charge in [0.1, 0.15) is 5.75 Å². The van der Waals surface area contributed by atoms with E-state index >= 15 is 0 Å². The molecule has 0 saturated heterocycles. The lowest BCUT2D eigenvalue weighted by Gasteiger charge is -2.38. The molecule has 2 nitrogen and oxygen atoms in total. The van der Waals surface area contributed by atoms with Crippen molar-refractivity contribution in [3.8, 4) is 5.75 Å². The van der Waals surface area contributed by atoms with E-state index in [4.69, 9.17) is 27.9 Å². The summed E-state index contributed by atoms with van der Waals surface area (Å²) in [5.41, 5.74) is 1.76. The highest BCUT2D eigenvalue weighted by Gasteiger charge is 2.31. The molecule has 32 heavy (non-hydrogen) atoms. The van der Waals surface area contributed by atoms with E-state index in [9.17, 15) is 4.79 Å². The molecular formula is C28H34Cl2O2. The van der Waals surface area contributed by atoms with Crippen LogP contribution in [-0.2, 0) is 0 Å². The molecule has 0 aromatic heterocycles. The van der Waals surface area contributed by atoms with Crippen molar-refractivity contribution in [3.63, 3.8) is 0 Å². The Balaban J connectivity index is 1.27. The highest BCUT2D eigenvalue weighted by atomic mass is 35.5. The molecule has 2 aliphatic rings. The summed E-state index contributed by atoms with van der Waals surface area (Å²) in [7, 11) is 0. The second-order valence-electron chi connectivity index (χ2n) is 9.77. The molecule has 2 aromatic carbocycles. The van der Waals surface area contributed by atoms with Gasteiger partial charge in [0, 0.05) is 0 Å². The van der Waals surface area contributed by atoms with Gasteiger partial charge in [0.15, 0.2) is 0 Å². The average Bonchev–Trinajstić information content (AvgIpc) is 2.82. The van der Waals surface area contributed by atoms with Gasteiger partial charge in [-0.05, 0) is 98.1 Å². The molecule has 2 fully saturated rings. The molecule has 0 atom stereocenters. The minimum absolute atomic E-state index is 0.348. The first-order valence-electron chi connectivity index (χ1n) is 12.3. The van der Waals surface area contributed by atoms with Crippen LogP contribution in [0.1, 0.15) is 93.0 Å². The van der Waals surface area contributed by atoms with Crippen LogP contribution in [0.2, 0.25) is 10.0 Å². The van der Waals surface area contributed by atoms with Crippen molar-refractivity contribution in [2.75, 3.05) is 0 Å². The van der Waals surface area contributed by atoms with Crippen molar-refractivity contribution >= 4 is 29.2 Å². The molecule has 2 aromatic rings. The van der Waals surface area contributed by atoms with Gasteiger partial charge in [-0.15, -0.1) is 0 Å². The van der Waals surface area contributed by atoms with Crippen LogP contribution in [-0.4, -0.2) is 5.97 Å². The summed E-state index contributed by atoms with van der Waals surface area (Å²) < 4.78 is 5.52. The average molecular weight is 473 g/mol. The predicted molar refractivity (Wildman–Crippen MR) is 133 cm³/mol. The van der Waals surface area contributed by atoms with Crippen molar-refractivity contribution in [2.24, 2.45) is 17.8 Å². The molecule has 0 radical (unpaired) electrons. The van der Waals surface area contributed by atoms with E-state index in [1.807, 2.05) is 12.1 Å². The van der Waals surface area contributed by atoms with Crippen molar-refractivity contribution in [1.82, 2.24) is 0 Å². The van der Waals surface area contributed by atoms with Crippen LogP contribution in [0.4, 0.5) is 0 Å². The zero-order valence-electron chi connectivity index (χ0n) is 19.0. The minimum atomic E-state index is -0.425. The topological polar surface area (TPSA) is 26.3 Å². The summed E-state index contributed by atoms with van der Waals surface area (Å²) in [6.07, 6.45) is 13.9. The number of ether oxygens (including phenoxy) is 1. The van der Waals surface area contributed by atoms with E-state index in [1.54, 1.807) is 12.1 Å². The summed E-state index contributed by atoms with van der Waals surface area (Å²) in [6, 6.07) is 12.8. The summed E-state index contributed by atoms with van der Waals surface area (Å²) in [5, 5.41) is 0.771. The van der Waals surface area contributed by atoms with Crippen LogP contribution in [0.5, 0.6) is 5.75 Å². The Morgan fingerprint density at radius 3 is 2.06 bits per heavy atom. The first-order chi connectivity index (χ1) is 15.5. The molecule has 0 N–H and O–H groups in total. The number of hydrogen-bond donors (Lipinski definition) is 0. The standard InChI is InChI=1S/C28H34Cl2O2/c1-2-3-19-4-6-20(7-5-19)21-8-10-22(11-9-21)23-12-15-25(16-13-23)32-28(31)24-14-17-26(29)27(30)18-24/h12-22H,2-11H2,1H3. The zero-order chi connectivity index (χ0) is 22.5. The fraction of sp³-hybridized carbons (Fsp3) is 0.536. The van der Waals surface area contributed by atoms with Gasteiger partial charge in [-0.2, -0.15) is 0 Å². The maximum Gasteiger partial charge on any atom is 0.343 e. The SMILES string of the molecule is CCCC1CCC(C2CCC(c3ccc(OC(=O)c4ccc(Cl)c(Cl)c4)cc3)CC2)CC1. The molecule has 172 valence electrons. The molecule has 0 aliphatic heterocycles. The molecule has 0 unspecified atom stereocenters. The van der Waals surface area contributed by atoms with E-state index in [-0.39, 0.29) is 0 Å². The van der Waals surface area contributed by atoms with Gasteiger partial charge >= 0.3 is 5.97 Å². The first kappa shape index (κ1) is 23.6. The summed E-state index contributed by atoms with van der Waals surface area (Å²) in [4.78, 5) is 12.4. The largest absolute Gasteiger partial charge is 0.423 e. The normalized spacial score (nSPS) is 26.0. The third-order valence-electron chi connectivity index (χ3n) is 7.74. The van der Waals surface area contributed by atoms with Gasteiger partial charge in [-0.1, -0.05) is 67.9 Å². The smallest absolute Gasteiger partial charge is 0.343 e. The van der Waals surface area contributed by atoms with Gasteiger partial charge in [-0.25, -0.2) is 4.79 Å². The second-order valence-corrected chi connectivity index (χ2v) is 10.6. The third kappa shape index (κ3) is 5.88. The van der Waals surface area contributed by atoms with Crippen LogP contribution in [0.3, 0.4) is 0 Å². The number of benzene rings is 2. The molecule has 2 saturated carbocycles. The Labute approximate surface area is 202 Å². The number of hydrogen-bond acceptors (Lipinski definition) is 2. The predicted octanol–water partition coefficient (Wildman–Crippen LogP) is 9.09. The zero-order valence-corrected chi connectivity index (χ0v) is 20.5. The summed E-state index contributed by atoms with van der Waals surface area (Å²) in [6.45, 7) is 2.32. The molecule has 0 bridgehead atoms. The number of halogens is 2.